The molecule has 0 radical (unpaired) electrons. The SMILES string of the molecule is O=C(COc1ccc(S(=O)(=O)Nc2ccccc2)cc1Cl)Nc1ccc2c(c1)OCCO2. The molecule has 0 aliphatic carbocycles. The van der Waals surface area contributed by atoms with Crippen LogP contribution in [0.4, 0.5) is 11.4 Å². The fourth-order valence-corrected chi connectivity index (χ4v) is 4.33. The van der Waals surface area contributed by atoms with E-state index in [-0.39, 0.29) is 22.3 Å². The fourth-order valence-electron chi connectivity index (χ4n) is 2.95. The first kappa shape index (κ1) is 21.8. The molecule has 0 aromatic heterocycles. The Morgan fingerprint density at radius 2 is 1.69 bits per heavy atom. The number of nitrogens with one attached hydrogen (secondary N) is 2. The minimum Gasteiger partial charge on any atom is -0.486 e. The highest BCUT2D eigenvalue weighted by Gasteiger charge is 2.17. The van der Waals surface area contributed by atoms with Crippen molar-refractivity contribution in [1.82, 2.24) is 0 Å². The average molecular weight is 475 g/mol. The normalized spacial score (nSPS) is 12.7. The number of carbonyl (C=O) groups is 1. The lowest BCUT2D eigenvalue weighted by molar-refractivity contribution is -0.118. The summed E-state index contributed by atoms with van der Waals surface area (Å²) in [6.45, 7) is 0.608. The monoisotopic (exact) mass is 474 g/mol. The quantitative estimate of drug-likeness (QED) is 0.538. The lowest BCUT2D eigenvalue weighted by Gasteiger charge is -2.19. The summed E-state index contributed by atoms with van der Waals surface area (Å²) in [6.07, 6.45) is 0. The highest BCUT2D eigenvalue weighted by molar-refractivity contribution is 7.92. The summed E-state index contributed by atoms with van der Waals surface area (Å²) in [4.78, 5) is 12.2. The molecule has 1 aliphatic rings. The van der Waals surface area contributed by atoms with Gasteiger partial charge in [0, 0.05) is 17.4 Å². The zero-order chi connectivity index (χ0) is 22.6. The maximum absolute atomic E-state index is 12.5. The number of amides is 1. The van der Waals surface area contributed by atoms with Gasteiger partial charge in [0.05, 0.1) is 9.92 Å². The molecule has 0 spiro atoms. The molecule has 3 aromatic carbocycles. The molecule has 0 bridgehead atoms. The van der Waals surface area contributed by atoms with Crippen molar-refractivity contribution in [1.29, 1.82) is 0 Å². The lowest BCUT2D eigenvalue weighted by atomic mass is 10.2. The summed E-state index contributed by atoms with van der Waals surface area (Å²) in [5.74, 6) is 0.941. The number of sulfonamides is 1. The van der Waals surface area contributed by atoms with Crippen molar-refractivity contribution in [3.63, 3.8) is 0 Å². The number of fused-ring (bicyclic) bond motifs is 1. The summed E-state index contributed by atoms with van der Waals surface area (Å²) in [7, 11) is -3.82. The fraction of sp³-hybridized carbons (Fsp3) is 0.136. The van der Waals surface area contributed by atoms with E-state index in [1.54, 1.807) is 48.5 Å². The zero-order valence-electron chi connectivity index (χ0n) is 16.7. The predicted octanol–water partition coefficient (Wildman–Crippen LogP) is 3.93. The molecule has 0 atom stereocenters. The summed E-state index contributed by atoms with van der Waals surface area (Å²) in [5.41, 5.74) is 0.960. The van der Waals surface area contributed by atoms with Crippen molar-refractivity contribution in [3.8, 4) is 17.2 Å². The van der Waals surface area contributed by atoms with Gasteiger partial charge in [0.1, 0.15) is 19.0 Å². The minimum atomic E-state index is -3.82. The zero-order valence-corrected chi connectivity index (χ0v) is 18.3. The lowest BCUT2D eigenvalue weighted by Crippen LogP contribution is -2.21. The molecule has 4 rings (SSSR count). The molecule has 8 nitrogen and oxygen atoms in total. The third-order valence-electron chi connectivity index (χ3n) is 4.42. The van der Waals surface area contributed by atoms with Crippen LogP contribution >= 0.6 is 11.6 Å². The molecule has 3 aromatic rings. The van der Waals surface area contributed by atoms with Gasteiger partial charge in [0.25, 0.3) is 15.9 Å². The molecular weight excluding hydrogens is 456 g/mol. The van der Waals surface area contributed by atoms with E-state index >= 15 is 0 Å². The third-order valence-corrected chi connectivity index (χ3v) is 6.10. The van der Waals surface area contributed by atoms with Gasteiger partial charge in [-0.15, -0.1) is 0 Å². The van der Waals surface area contributed by atoms with Crippen LogP contribution in [-0.4, -0.2) is 34.1 Å². The van der Waals surface area contributed by atoms with E-state index in [1.165, 1.54) is 18.2 Å². The van der Waals surface area contributed by atoms with Crippen LogP contribution in [0.25, 0.3) is 0 Å². The van der Waals surface area contributed by atoms with Crippen LogP contribution in [0.5, 0.6) is 17.2 Å². The number of anilines is 2. The summed E-state index contributed by atoms with van der Waals surface area (Å²) in [6, 6.07) is 17.6. The number of carbonyl (C=O) groups excluding carboxylic acids is 1. The smallest absolute Gasteiger partial charge is 0.262 e. The second-order valence-electron chi connectivity index (χ2n) is 6.76. The molecule has 0 saturated heterocycles. The standard InChI is InChI=1S/C22H19ClN2O6S/c23-18-13-17(32(27,28)25-15-4-2-1-3-5-15)7-9-19(18)31-14-22(26)24-16-6-8-20-21(12-16)30-11-10-29-20/h1-9,12-13,25H,10-11,14H2,(H,24,26). The Labute approximate surface area is 190 Å². The second-order valence-corrected chi connectivity index (χ2v) is 8.85. The minimum absolute atomic E-state index is 0.0283. The Bertz CT molecular complexity index is 1230. The highest BCUT2D eigenvalue weighted by atomic mass is 35.5. The van der Waals surface area contributed by atoms with Crippen molar-refractivity contribution < 1.29 is 27.4 Å². The topological polar surface area (TPSA) is 103 Å². The molecule has 1 aliphatic heterocycles. The van der Waals surface area contributed by atoms with Crippen molar-refractivity contribution in [2.45, 2.75) is 4.90 Å². The Kier molecular flexibility index (Phi) is 6.38. The van der Waals surface area contributed by atoms with Crippen molar-refractivity contribution in [3.05, 3.63) is 71.8 Å². The van der Waals surface area contributed by atoms with Crippen LogP contribution in [0.1, 0.15) is 0 Å². The number of benzene rings is 3. The van der Waals surface area contributed by atoms with E-state index < -0.39 is 15.9 Å². The summed E-state index contributed by atoms with van der Waals surface area (Å²) in [5, 5.41) is 2.76. The third kappa shape index (κ3) is 5.24. The first-order valence-corrected chi connectivity index (χ1v) is 11.5. The molecular formula is C22H19ClN2O6S. The molecule has 10 heteroatoms. The van der Waals surface area contributed by atoms with E-state index in [0.29, 0.717) is 36.1 Å². The molecule has 1 amide bonds. The largest absolute Gasteiger partial charge is 0.486 e. The molecule has 1 heterocycles. The van der Waals surface area contributed by atoms with Crippen LogP contribution in [-0.2, 0) is 14.8 Å². The number of hydrogen-bond acceptors (Lipinski definition) is 6. The number of halogens is 1. The van der Waals surface area contributed by atoms with Gasteiger partial charge in [-0.05, 0) is 42.5 Å². The van der Waals surface area contributed by atoms with Crippen LogP contribution in [0, 0.1) is 0 Å². The summed E-state index contributed by atoms with van der Waals surface area (Å²) >= 11 is 6.18. The van der Waals surface area contributed by atoms with E-state index in [0.717, 1.165) is 0 Å². The van der Waals surface area contributed by atoms with E-state index in [2.05, 4.69) is 10.0 Å². The van der Waals surface area contributed by atoms with Gasteiger partial charge in [-0.2, -0.15) is 0 Å². The predicted molar refractivity (Wildman–Crippen MR) is 120 cm³/mol. The highest BCUT2D eigenvalue weighted by Crippen LogP contribution is 2.33. The number of rotatable bonds is 7. The maximum atomic E-state index is 12.5. The molecule has 0 fully saturated rings. The molecule has 0 unspecified atom stereocenters. The Morgan fingerprint density at radius 3 is 2.44 bits per heavy atom. The van der Waals surface area contributed by atoms with Crippen LogP contribution < -0.4 is 24.2 Å². The van der Waals surface area contributed by atoms with Gasteiger partial charge < -0.3 is 19.5 Å². The van der Waals surface area contributed by atoms with E-state index in [1.807, 2.05) is 0 Å². The Morgan fingerprint density at radius 1 is 0.938 bits per heavy atom. The average Bonchev–Trinajstić information content (AvgIpc) is 2.78. The number of ether oxygens (including phenoxy) is 3. The van der Waals surface area contributed by atoms with Crippen LogP contribution in [0.15, 0.2) is 71.6 Å². The van der Waals surface area contributed by atoms with Gasteiger partial charge in [-0.1, -0.05) is 29.8 Å². The van der Waals surface area contributed by atoms with Crippen molar-refractivity contribution in [2.75, 3.05) is 29.9 Å². The molecule has 0 saturated carbocycles. The van der Waals surface area contributed by atoms with Crippen LogP contribution in [0.3, 0.4) is 0 Å². The Balaban J connectivity index is 1.37. The first-order valence-electron chi connectivity index (χ1n) is 9.60. The maximum Gasteiger partial charge on any atom is 0.262 e. The van der Waals surface area contributed by atoms with Gasteiger partial charge in [-0.25, -0.2) is 8.42 Å². The van der Waals surface area contributed by atoms with Gasteiger partial charge in [-0.3, -0.25) is 9.52 Å². The van der Waals surface area contributed by atoms with E-state index in [4.69, 9.17) is 25.8 Å². The molecule has 32 heavy (non-hydrogen) atoms. The van der Waals surface area contributed by atoms with Crippen molar-refractivity contribution in [2.24, 2.45) is 0 Å². The first-order chi connectivity index (χ1) is 15.4. The van der Waals surface area contributed by atoms with Gasteiger partial charge in [0.15, 0.2) is 18.1 Å². The number of hydrogen-bond donors (Lipinski definition) is 2. The second kappa shape index (κ2) is 9.37. The van der Waals surface area contributed by atoms with Gasteiger partial charge in [0.2, 0.25) is 0 Å². The van der Waals surface area contributed by atoms with Crippen molar-refractivity contribution >= 4 is 38.9 Å². The molecule has 166 valence electrons. The summed E-state index contributed by atoms with van der Waals surface area (Å²) < 4.78 is 43.9. The van der Waals surface area contributed by atoms with E-state index in [9.17, 15) is 13.2 Å². The van der Waals surface area contributed by atoms with Crippen LogP contribution in [0.2, 0.25) is 5.02 Å². The molecule has 2 N–H and O–H groups in total. The van der Waals surface area contributed by atoms with Gasteiger partial charge >= 0.3 is 0 Å². The number of para-hydroxylation sites is 1. The Hall–Kier alpha value is -3.43.